The van der Waals surface area contributed by atoms with E-state index < -0.39 is 0 Å². The number of benzene rings is 1. The lowest BCUT2D eigenvalue weighted by molar-refractivity contribution is -0.122. The third-order valence-electron chi connectivity index (χ3n) is 8.95. The number of rotatable bonds is 12. The van der Waals surface area contributed by atoms with Crippen molar-refractivity contribution in [1.82, 2.24) is 30.2 Å². The first kappa shape index (κ1) is 29.4. The molecule has 1 aliphatic heterocycles. The van der Waals surface area contributed by atoms with Crippen LogP contribution in [-0.2, 0) is 4.79 Å². The van der Waals surface area contributed by atoms with E-state index in [1.807, 2.05) is 28.9 Å². The summed E-state index contributed by atoms with van der Waals surface area (Å²) in [6, 6.07) is 7.75. The molecule has 2 aliphatic carbocycles. The summed E-state index contributed by atoms with van der Waals surface area (Å²) in [6.45, 7) is 4.91. The molecule has 0 bridgehead atoms. The minimum absolute atomic E-state index is 0.00862. The van der Waals surface area contributed by atoms with Crippen LogP contribution in [0.1, 0.15) is 74.3 Å². The summed E-state index contributed by atoms with van der Waals surface area (Å²) in [5.74, 6) is 1.10. The van der Waals surface area contributed by atoms with Gasteiger partial charge >= 0.3 is 0 Å². The Hall–Kier alpha value is -3.11. The second-order valence-corrected chi connectivity index (χ2v) is 11.8. The summed E-state index contributed by atoms with van der Waals surface area (Å²) in [7, 11) is 5.42. The zero-order chi connectivity index (χ0) is 28.8. The Labute approximate surface area is 243 Å². The Balaban J connectivity index is 1.36. The first-order valence-corrected chi connectivity index (χ1v) is 15.3. The van der Waals surface area contributed by atoms with E-state index in [0.717, 1.165) is 88.9 Å². The highest BCUT2D eigenvalue weighted by molar-refractivity contribution is 5.94. The molecule has 3 fully saturated rings. The van der Waals surface area contributed by atoms with E-state index >= 15 is 0 Å². The van der Waals surface area contributed by atoms with Gasteiger partial charge in [-0.25, -0.2) is 0 Å². The molecule has 0 radical (unpaired) electrons. The van der Waals surface area contributed by atoms with Gasteiger partial charge in [-0.05, 0) is 63.8 Å². The quantitative estimate of drug-likeness (QED) is 0.406. The van der Waals surface area contributed by atoms with E-state index in [-0.39, 0.29) is 36.4 Å². The van der Waals surface area contributed by atoms with E-state index in [1.165, 1.54) is 0 Å². The number of amides is 2. The smallest absolute Gasteiger partial charge is 0.272 e. The van der Waals surface area contributed by atoms with Crippen molar-refractivity contribution < 1.29 is 19.1 Å². The number of likely N-dealkylation sites (N-methyl/N-ethyl adjacent to an activating group) is 1. The van der Waals surface area contributed by atoms with Crippen LogP contribution < -0.4 is 20.1 Å². The fourth-order valence-corrected chi connectivity index (χ4v) is 6.18. The van der Waals surface area contributed by atoms with Crippen LogP contribution in [0.4, 0.5) is 0 Å². The lowest BCUT2D eigenvalue weighted by Crippen LogP contribution is -2.47. The standard InChI is InChI=1S/C31H46N6O4/c1-35-16-18-36(19-17-35)15-14-23(20-29(38)32-22-8-6-9-22)33-31(39)25-21-26(37(34-25)24-10-4-5-11-24)30-27(40-2)12-7-13-28(30)41-3/h7,12-13,21-24H,4-6,8-11,14-20H2,1-3H3,(H,32,38)(H,33,39). The van der Waals surface area contributed by atoms with Crippen LogP contribution >= 0.6 is 0 Å². The molecule has 1 atom stereocenters. The third-order valence-corrected chi connectivity index (χ3v) is 8.95. The first-order chi connectivity index (χ1) is 19.9. The van der Waals surface area contributed by atoms with E-state index in [1.54, 1.807) is 14.2 Å². The number of nitrogens with one attached hydrogen (secondary N) is 2. The van der Waals surface area contributed by atoms with E-state index in [2.05, 4.69) is 27.5 Å². The number of carbonyl (C=O) groups excluding carboxylic acids is 2. The highest BCUT2D eigenvalue weighted by Gasteiger charge is 2.29. The van der Waals surface area contributed by atoms with Crippen molar-refractivity contribution >= 4 is 11.8 Å². The molecule has 10 heteroatoms. The average molecular weight is 567 g/mol. The van der Waals surface area contributed by atoms with Crippen molar-refractivity contribution in [2.75, 3.05) is 54.0 Å². The van der Waals surface area contributed by atoms with Crippen LogP contribution in [0.5, 0.6) is 11.5 Å². The van der Waals surface area contributed by atoms with Gasteiger partial charge in [-0.3, -0.25) is 14.3 Å². The Bertz CT molecular complexity index is 1160. The number of hydrogen-bond acceptors (Lipinski definition) is 7. The molecule has 3 aliphatic rings. The highest BCUT2D eigenvalue weighted by Crippen LogP contribution is 2.41. The van der Waals surface area contributed by atoms with Crippen molar-refractivity contribution in [3.05, 3.63) is 30.0 Å². The summed E-state index contributed by atoms with van der Waals surface area (Å²) in [5, 5.41) is 11.2. The fourth-order valence-electron chi connectivity index (χ4n) is 6.18. The Kier molecular flexibility index (Phi) is 9.82. The molecule has 2 N–H and O–H groups in total. The molecule has 0 spiro atoms. The lowest BCUT2D eigenvalue weighted by atomic mass is 9.93. The van der Waals surface area contributed by atoms with Gasteiger partial charge in [0, 0.05) is 51.2 Å². The van der Waals surface area contributed by atoms with Gasteiger partial charge in [-0.2, -0.15) is 5.10 Å². The molecule has 2 saturated carbocycles. The minimum atomic E-state index is -0.275. The number of piperazine rings is 1. The van der Waals surface area contributed by atoms with Gasteiger partial charge in [-0.1, -0.05) is 18.9 Å². The maximum atomic E-state index is 13.7. The van der Waals surface area contributed by atoms with Crippen molar-refractivity contribution in [2.45, 2.75) is 75.9 Å². The van der Waals surface area contributed by atoms with Gasteiger partial charge in [0.25, 0.3) is 5.91 Å². The van der Waals surface area contributed by atoms with Gasteiger partial charge in [0.1, 0.15) is 11.5 Å². The summed E-state index contributed by atoms with van der Waals surface area (Å²) in [4.78, 5) is 31.4. The second kappa shape index (κ2) is 13.7. The number of methoxy groups -OCH3 is 2. The Morgan fingerprint density at radius 1 is 1.00 bits per heavy atom. The average Bonchev–Trinajstić information content (AvgIpc) is 3.64. The fraction of sp³-hybridized carbons (Fsp3) is 0.645. The largest absolute Gasteiger partial charge is 0.496 e. The molecule has 224 valence electrons. The summed E-state index contributed by atoms with van der Waals surface area (Å²) >= 11 is 0. The molecule has 41 heavy (non-hydrogen) atoms. The molecule has 10 nitrogen and oxygen atoms in total. The minimum Gasteiger partial charge on any atom is -0.496 e. The molecule has 5 rings (SSSR count). The van der Waals surface area contributed by atoms with Crippen LogP contribution in [0.2, 0.25) is 0 Å². The number of hydrogen-bond donors (Lipinski definition) is 2. The van der Waals surface area contributed by atoms with E-state index in [4.69, 9.17) is 14.6 Å². The van der Waals surface area contributed by atoms with Gasteiger partial charge in [0.05, 0.1) is 31.5 Å². The maximum Gasteiger partial charge on any atom is 0.272 e. The Morgan fingerprint density at radius 3 is 2.29 bits per heavy atom. The normalized spacial score (nSPS) is 19.5. The monoisotopic (exact) mass is 566 g/mol. The highest BCUT2D eigenvalue weighted by atomic mass is 16.5. The van der Waals surface area contributed by atoms with Crippen LogP contribution in [0.15, 0.2) is 24.3 Å². The summed E-state index contributed by atoms with van der Waals surface area (Å²) in [6.07, 6.45) is 8.53. The predicted molar refractivity (Wildman–Crippen MR) is 158 cm³/mol. The predicted octanol–water partition coefficient (Wildman–Crippen LogP) is 3.48. The van der Waals surface area contributed by atoms with Crippen LogP contribution in [0, 0.1) is 0 Å². The zero-order valence-electron chi connectivity index (χ0n) is 24.9. The number of nitrogens with zero attached hydrogens (tertiary/aromatic N) is 4. The van der Waals surface area contributed by atoms with Crippen molar-refractivity contribution in [2.24, 2.45) is 0 Å². The van der Waals surface area contributed by atoms with E-state index in [9.17, 15) is 9.59 Å². The molecular formula is C31H46N6O4. The van der Waals surface area contributed by atoms with E-state index in [0.29, 0.717) is 23.6 Å². The van der Waals surface area contributed by atoms with Gasteiger partial charge in [0.15, 0.2) is 5.69 Å². The molecule has 1 aromatic heterocycles. The molecule has 2 aromatic rings. The summed E-state index contributed by atoms with van der Waals surface area (Å²) < 4.78 is 13.4. The van der Waals surface area contributed by atoms with Gasteiger partial charge in [0.2, 0.25) is 5.91 Å². The van der Waals surface area contributed by atoms with Gasteiger partial charge in [-0.15, -0.1) is 0 Å². The number of ether oxygens (including phenoxy) is 2. The SMILES string of the molecule is COc1cccc(OC)c1-c1cc(C(=O)NC(CCN2CCN(C)CC2)CC(=O)NC2CCC2)nn1C1CCCC1. The molecular weight excluding hydrogens is 520 g/mol. The lowest BCUT2D eigenvalue weighted by Gasteiger charge is -2.33. The van der Waals surface area contributed by atoms with Crippen LogP contribution in [0.25, 0.3) is 11.3 Å². The van der Waals surface area contributed by atoms with Gasteiger partial charge < -0.3 is 29.9 Å². The summed E-state index contributed by atoms with van der Waals surface area (Å²) in [5.41, 5.74) is 1.96. The topological polar surface area (TPSA) is 101 Å². The maximum absolute atomic E-state index is 13.7. The molecule has 1 unspecified atom stereocenters. The van der Waals surface area contributed by atoms with Crippen LogP contribution in [0.3, 0.4) is 0 Å². The van der Waals surface area contributed by atoms with Crippen molar-refractivity contribution in [1.29, 1.82) is 0 Å². The molecule has 1 aromatic carbocycles. The number of aromatic nitrogens is 2. The molecule has 2 heterocycles. The first-order valence-electron chi connectivity index (χ1n) is 15.3. The van der Waals surface area contributed by atoms with Crippen molar-refractivity contribution in [3.8, 4) is 22.8 Å². The van der Waals surface area contributed by atoms with Crippen molar-refractivity contribution in [3.63, 3.8) is 0 Å². The number of carbonyl (C=O) groups is 2. The second-order valence-electron chi connectivity index (χ2n) is 11.8. The van der Waals surface area contributed by atoms with Crippen LogP contribution in [-0.4, -0.2) is 97.5 Å². The third kappa shape index (κ3) is 7.22. The molecule has 2 amide bonds. The zero-order valence-corrected chi connectivity index (χ0v) is 24.9. The molecule has 1 saturated heterocycles. The Morgan fingerprint density at radius 2 is 1.68 bits per heavy atom.